The van der Waals surface area contributed by atoms with Crippen molar-refractivity contribution in [1.82, 2.24) is 4.72 Å². The molecule has 132 valence electrons. The molecule has 2 N–H and O–H groups in total. The van der Waals surface area contributed by atoms with E-state index in [0.29, 0.717) is 23.6 Å². The molecule has 8 heteroatoms. The molecule has 25 heavy (non-hydrogen) atoms. The number of carbonyl (C=O) groups excluding carboxylic acids is 1. The third-order valence-corrected chi connectivity index (χ3v) is 4.94. The van der Waals surface area contributed by atoms with Gasteiger partial charge in [-0.15, -0.1) is 0 Å². The molecule has 1 aliphatic rings. The van der Waals surface area contributed by atoms with Gasteiger partial charge in [0.2, 0.25) is 22.7 Å². The van der Waals surface area contributed by atoms with Crippen LogP contribution >= 0.6 is 0 Å². The van der Waals surface area contributed by atoms with Gasteiger partial charge in [-0.05, 0) is 24.1 Å². The number of hydrogen-bond donors (Lipinski definition) is 2. The molecule has 0 saturated carbocycles. The first-order valence-electron chi connectivity index (χ1n) is 7.73. The van der Waals surface area contributed by atoms with Crippen molar-refractivity contribution in [3.63, 3.8) is 0 Å². The van der Waals surface area contributed by atoms with Gasteiger partial charge in [0.25, 0.3) is 0 Å². The fourth-order valence-electron chi connectivity index (χ4n) is 2.32. The number of ether oxygens (including phenoxy) is 2. The number of rotatable bonds is 7. The summed E-state index contributed by atoms with van der Waals surface area (Å²) in [5.41, 5.74) is 1.44. The van der Waals surface area contributed by atoms with Gasteiger partial charge in [0.15, 0.2) is 11.5 Å². The monoisotopic (exact) mass is 362 g/mol. The second-order valence-electron chi connectivity index (χ2n) is 5.49. The van der Waals surface area contributed by atoms with Crippen LogP contribution in [-0.2, 0) is 21.2 Å². The van der Waals surface area contributed by atoms with Crippen LogP contribution in [0.2, 0.25) is 0 Å². The summed E-state index contributed by atoms with van der Waals surface area (Å²) in [7, 11) is -3.53. The summed E-state index contributed by atoms with van der Waals surface area (Å²) < 4.78 is 36.7. The van der Waals surface area contributed by atoms with E-state index in [9.17, 15) is 13.2 Å². The maximum Gasteiger partial charge on any atom is 0.239 e. The van der Waals surface area contributed by atoms with Crippen molar-refractivity contribution in [2.24, 2.45) is 0 Å². The Labute approximate surface area is 146 Å². The molecule has 0 atom stereocenters. The Morgan fingerprint density at radius 1 is 1.04 bits per heavy atom. The third-order valence-electron chi connectivity index (χ3n) is 3.61. The van der Waals surface area contributed by atoms with Gasteiger partial charge < -0.3 is 14.8 Å². The van der Waals surface area contributed by atoms with Crippen LogP contribution in [0.1, 0.15) is 5.56 Å². The number of fused-ring (bicyclic) bond motifs is 1. The second-order valence-corrected chi connectivity index (χ2v) is 7.42. The lowest BCUT2D eigenvalue weighted by Gasteiger charge is -2.08. The fraction of sp³-hybridized carbons (Fsp3) is 0.235. The van der Waals surface area contributed by atoms with Gasteiger partial charge in [-0.2, -0.15) is 0 Å². The first-order chi connectivity index (χ1) is 12.0. The summed E-state index contributed by atoms with van der Waals surface area (Å²) in [4.78, 5) is 11.9. The van der Waals surface area contributed by atoms with E-state index in [0.717, 1.165) is 5.56 Å². The highest BCUT2D eigenvalue weighted by Gasteiger charge is 2.16. The Kier molecular flexibility index (Phi) is 5.20. The average molecular weight is 362 g/mol. The second kappa shape index (κ2) is 7.54. The Morgan fingerprint density at radius 3 is 2.60 bits per heavy atom. The van der Waals surface area contributed by atoms with Gasteiger partial charge in [-0.25, -0.2) is 13.1 Å². The lowest BCUT2D eigenvalue weighted by molar-refractivity contribution is -0.115. The summed E-state index contributed by atoms with van der Waals surface area (Å²) in [6.45, 7) is -0.181. The van der Waals surface area contributed by atoms with Crippen LogP contribution < -0.4 is 19.5 Å². The average Bonchev–Trinajstić information content (AvgIpc) is 3.07. The number of nitrogens with one attached hydrogen (secondary N) is 2. The molecular weight excluding hydrogens is 344 g/mol. The zero-order valence-corrected chi connectivity index (χ0v) is 14.2. The van der Waals surface area contributed by atoms with E-state index in [-0.39, 0.29) is 19.1 Å². The van der Waals surface area contributed by atoms with Gasteiger partial charge in [-0.1, -0.05) is 30.3 Å². The molecule has 2 aromatic rings. The molecule has 3 rings (SSSR count). The van der Waals surface area contributed by atoms with Crippen LogP contribution in [-0.4, -0.2) is 33.4 Å². The molecule has 1 amide bonds. The zero-order valence-electron chi connectivity index (χ0n) is 13.4. The van der Waals surface area contributed by atoms with Crippen molar-refractivity contribution in [2.45, 2.75) is 6.42 Å². The number of anilines is 1. The summed E-state index contributed by atoms with van der Waals surface area (Å²) in [6.07, 6.45) is 0.389. The molecule has 0 spiro atoms. The van der Waals surface area contributed by atoms with Crippen molar-refractivity contribution in [3.05, 3.63) is 54.1 Å². The molecule has 2 aromatic carbocycles. The van der Waals surface area contributed by atoms with E-state index >= 15 is 0 Å². The Morgan fingerprint density at radius 2 is 1.80 bits per heavy atom. The van der Waals surface area contributed by atoms with Crippen LogP contribution in [0, 0.1) is 0 Å². The Bertz CT molecular complexity index is 853. The highest BCUT2D eigenvalue weighted by molar-refractivity contribution is 7.89. The highest BCUT2D eigenvalue weighted by atomic mass is 32.2. The molecule has 0 saturated heterocycles. The van der Waals surface area contributed by atoms with Crippen molar-refractivity contribution >= 4 is 21.6 Å². The van der Waals surface area contributed by atoms with E-state index in [1.807, 2.05) is 30.3 Å². The van der Waals surface area contributed by atoms with Crippen molar-refractivity contribution < 1.29 is 22.7 Å². The molecule has 1 heterocycles. The lowest BCUT2D eigenvalue weighted by atomic mass is 10.2. The molecule has 0 unspecified atom stereocenters. The van der Waals surface area contributed by atoms with Crippen molar-refractivity contribution in [1.29, 1.82) is 0 Å². The van der Waals surface area contributed by atoms with Gasteiger partial charge >= 0.3 is 0 Å². The maximum atomic E-state index is 12.0. The minimum atomic E-state index is -3.53. The topological polar surface area (TPSA) is 93.7 Å². The summed E-state index contributed by atoms with van der Waals surface area (Å²) >= 11 is 0. The third kappa shape index (κ3) is 4.94. The standard InChI is InChI=1S/C17H18N2O5S/c20-17(19-14-6-7-15-16(10-14)24-12-23-15)11-18-25(21,22)9-8-13-4-2-1-3-5-13/h1-7,10,18H,8-9,11-12H2,(H,19,20). The van der Waals surface area contributed by atoms with E-state index in [4.69, 9.17) is 9.47 Å². The van der Waals surface area contributed by atoms with Crippen LogP contribution in [0.3, 0.4) is 0 Å². The summed E-state index contributed by atoms with van der Waals surface area (Å²) in [5, 5.41) is 2.62. The number of aryl methyl sites for hydroxylation is 1. The van der Waals surface area contributed by atoms with Crippen LogP contribution in [0.15, 0.2) is 48.5 Å². The maximum absolute atomic E-state index is 12.0. The zero-order chi connectivity index (χ0) is 17.7. The summed E-state index contributed by atoms with van der Waals surface area (Å²) in [6, 6.07) is 14.3. The normalized spacial score (nSPS) is 12.8. The van der Waals surface area contributed by atoms with E-state index in [2.05, 4.69) is 10.0 Å². The van der Waals surface area contributed by atoms with Crippen LogP contribution in [0.5, 0.6) is 11.5 Å². The Balaban J connectivity index is 1.48. The molecule has 0 aliphatic carbocycles. The smallest absolute Gasteiger partial charge is 0.239 e. The number of amides is 1. The van der Waals surface area contributed by atoms with Gasteiger partial charge in [0.05, 0.1) is 12.3 Å². The van der Waals surface area contributed by atoms with Crippen LogP contribution in [0.4, 0.5) is 5.69 Å². The molecule has 1 aliphatic heterocycles. The quantitative estimate of drug-likeness (QED) is 0.779. The molecule has 7 nitrogen and oxygen atoms in total. The fourth-order valence-corrected chi connectivity index (χ4v) is 3.32. The summed E-state index contributed by atoms with van der Waals surface area (Å²) in [5.74, 6) is 0.622. The number of sulfonamides is 1. The SMILES string of the molecule is O=C(CNS(=O)(=O)CCc1ccccc1)Nc1ccc2c(c1)OCO2. The lowest BCUT2D eigenvalue weighted by Crippen LogP contribution is -2.34. The van der Waals surface area contributed by atoms with Crippen molar-refractivity contribution in [2.75, 3.05) is 24.4 Å². The minimum absolute atomic E-state index is 0.0751. The minimum Gasteiger partial charge on any atom is -0.454 e. The van der Waals surface area contributed by atoms with Gasteiger partial charge in [0.1, 0.15) is 0 Å². The van der Waals surface area contributed by atoms with Crippen molar-refractivity contribution in [3.8, 4) is 11.5 Å². The van der Waals surface area contributed by atoms with E-state index in [1.54, 1.807) is 18.2 Å². The molecule has 0 fully saturated rings. The number of hydrogen-bond acceptors (Lipinski definition) is 5. The van der Waals surface area contributed by atoms with Gasteiger partial charge in [0, 0.05) is 11.8 Å². The highest BCUT2D eigenvalue weighted by Crippen LogP contribution is 2.34. The first-order valence-corrected chi connectivity index (χ1v) is 9.38. The molecule has 0 aromatic heterocycles. The first kappa shape index (κ1) is 17.2. The Hall–Kier alpha value is -2.58. The van der Waals surface area contributed by atoms with E-state index < -0.39 is 15.9 Å². The van der Waals surface area contributed by atoms with E-state index in [1.165, 1.54) is 0 Å². The number of benzene rings is 2. The molecule has 0 bridgehead atoms. The molecular formula is C17H18N2O5S. The predicted molar refractivity (Wildman–Crippen MR) is 93.1 cm³/mol. The van der Waals surface area contributed by atoms with Gasteiger partial charge in [-0.3, -0.25) is 4.79 Å². The number of carbonyl (C=O) groups is 1. The predicted octanol–water partition coefficient (Wildman–Crippen LogP) is 1.52. The largest absolute Gasteiger partial charge is 0.454 e. The molecule has 0 radical (unpaired) electrons. The van der Waals surface area contributed by atoms with Crippen LogP contribution in [0.25, 0.3) is 0 Å².